The molecule has 88 valence electrons. The Morgan fingerprint density at radius 2 is 1.94 bits per heavy atom. The van der Waals surface area contributed by atoms with Crippen molar-refractivity contribution in [1.82, 2.24) is 5.32 Å². The molecular weight excluding hydrogens is 194 g/mol. The molecule has 1 heteroatoms. The minimum absolute atomic E-state index is 0.553. The summed E-state index contributed by atoms with van der Waals surface area (Å²) in [4.78, 5) is 0. The predicted molar refractivity (Wildman–Crippen MR) is 71.3 cm³/mol. The maximum Gasteiger partial charge on any atom is 0.0208 e. The normalized spacial score (nSPS) is 12.7. The summed E-state index contributed by atoms with van der Waals surface area (Å²) in [6.07, 6.45) is 4.26. The molecule has 1 aromatic rings. The van der Waals surface area contributed by atoms with E-state index in [-0.39, 0.29) is 0 Å². The Balaban J connectivity index is 2.40. The van der Waals surface area contributed by atoms with Crippen LogP contribution < -0.4 is 5.32 Å². The quantitative estimate of drug-likeness (QED) is 0.686. The Morgan fingerprint density at radius 3 is 2.50 bits per heavy atom. The first-order chi connectivity index (χ1) is 7.72. The molecule has 0 aliphatic rings. The van der Waals surface area contributed by atoms with Crippen molar-refractivity contribution in [2.75, 3.05) is 0 Å². The molecule has 0 aliphatic heterocycles. The van der Waals surface area contributed by atoms with Gasteiger partial charge in [-0.2, -0.15) is 0 Å². The van der Waals surface area contributed by atoms with E-state index >= 15 is 0 Å². The van der Waals surface area contributed by atoms with Gasteiger partial charge in [0.2, 0.25) is 0 Å². The first kappa shape index (κ1) is 13.0. The van der Waals surface area contributed by atoms with Crippen LogP contribution in [0.3, 0.4) is 0 Å². The fourth-order valence-corrected chi connectivity index (χ4v) is 1.89. The zero-order chi connectivity index (χ0) is 11.8. The molecule has 1 unspecified atom stereocenters. The van der Waals surface area contributed by atoms with Crippen LogP contribution in [-0.2, 0) is 6.54 Å². The zero-order valence-corrected chi connectivity index (χ0v) is 10.4. The van der Waals surface area contributed by atoms with Crippen LogP contribution in [0.2, 0.25) is 0 Å². The van der Waals surface area contributed by atoms with E-state index in [1.54, 1.807) is 0 Å². The molecule has 0 bridgehead atoms. The van der Waals surface area contributed by atoms with Gasteiger partial charge in [0.1, 0.15) is 0 Å². The highest BCUT2D eigenvalue weighted by atomic mass is 14.9. The van der Waals surface area contributed by atoms with Gasteiger partial charge in [-0.05, 0) is 24.3 Å². The van der Waals surface area contributed by atoms with Crippen molar-refractivity contribution < 1.29 is 0 Å². The molecule has 0 amide bonds. The van der Waals surface area contributed by atoms with Gasteiger partial charge < -0.3 is 5.32 Å². The van der Waals surface area contributed by atoms with Crippen LogP contribution >= 0.6 is 0 Å². The summed E-state index contributed by atoms with van der Waals surface area (Å²) in [5.74, 6) is 0.730. The van der Waals surface area contributed by atoms with Crippen LogP contribution in [-0.4, -0.2) is 6.04 Å². The monoisotopic (exact) mass is 217 g/mol. The molecule has 1 rings (SSSR count). The van der Waals surface area contributed by atoms with Crippen molar-refractivity contribution in [3.05, 3.63) is 48.6 Å². The Morgan fingerprint density at radius 1 is 1.25 bits per heavy atom. The third kappa shape index (κ3) is 5.13. The lowest BCUT2D eigenvalue weighted by Gasteiger charge is -2.19. The van der Waals surface area contributed by atoms with Gasteiger partial charge in [-0.3, -0.25) is 0 Å². The van der Waals surface area contributed by atoms with E-state index in [1.807, 2.05) is 6.08 Å². The summed E-state index contributed by atoms with van der Waals surface area (Å²) in [5, 5.41) is 3.60. The van der Waals surface area contributed by atoms with Crippen molar-refractivity contribution >= 4 is 0 Å². The second-order valence-corrected chi connectivity index (χ2v) is 4.72. The van der Waals surface area contributed by atoms with Gasteiger partial charge in [0, 0.05) is 12.6 Å². The van der Waals surface area contributed by atoms with Crippen LogP contribution in [0.1, 0.15) is 32.3 Å². The Kier molecular flexibility index (Phi) is 5.87. The summed E-state index contributed by atoms with van der Waals surface area (Å²) in [5.41, 5.74) is 1.35. The highest BCUT2D eigenvalue weighted by Gasteiger charge is 2.08. The van der Waals surface area contributed by atoms with Gasteiger partial charge in [-0.1, -0.05) is 50.3 Å². The lowest BCUT2D eigenvalue weighted by atomic mass is 10.0. The van der Waals surface area contributed by atoms with E-state index in [9.17, 15) is 0 Å². The third-order valence-electron chi connectivity index (χ3n) is 2.64. The topological polar surface area (TPSA) is 12.0 Å². The molecule has 1 aromatic carbocycles. The lowest BCUT2D eigenvalue weighted by molar-refractivity contribution is 0.419. The van der Waals surface area contributed by atoms with E-state index in [1.165, 1.54) is 12.0 Å². The molecule has 0 aromatic heterocycles. The van der Waals surface area contributed by atoms with Crippen LogP contribution in [0.15, 0.2) is 43.0 Å². The van der Waals surface area contributed by atoms with Crippen LogP contribution in [0.4, 0.5) is 0 Å². The minimum atomic E-state index is 0.553. The van der Waals surface area contributed by atoms with E-state index in [4.69, 9.17) is 0 Å². The number of benzene rings is 1. The highest BCUT2D eigenvalue weighted by Crippen LogP contribution is 2.09. The molecule has 1 N–H and O–H groups in total. The minimum Gasteiger partial charge on any atom is -0.310 e. The van der Waals surface area contributed by atoms with E-state index in [0.29, 0.717) is 6.04 Å². The molecule has 0 fully saturated rings. The van der Waals surface area contributed by atoms with E-state index in [0.717, 1.165) is 18.9 Å². The number of hydrogen-bond donors (Lipinski definition) is 1. The first-order valence-corrected chi connectivity index (χ1v) is 6.10. The second-order valence-electron chi connectivity index (χ2n) is 4.72. The van der Waals surface area contributed by atoms with Gasteiger partial charge in [0.05, 0.1) is 0 Å². The molecular formula is C15H23N. The Bertz CT molecular complexity index is 290. The fourth-order valence-electron chi connectivity index (χ4n) is 1.89. The van der Waals surface area contributed by atoms with Gasteiger partial charge in [0.15, 0.2) is 0 Å². The average Bonchev–Trinajstić information content (AvgIpc) is 2.27. The number of hydrogen-bond acceptors (Lipinski definition) is 1. The largest absolute Gasteiger partial charge is 0.310 e. The summed E-state index contributed by atoms with van der Waals surface area (Å²) in [6, 6.07) is 11.1. The lowest BCUT2D eigenvalue weighted by Crippen LogP contribution is -2.29. The highest BCUT2D eigenvalue weighted by molar-refractivity contribution is 5.14. The summed E-state index contributed by atoms with van der Waals surface area (Å²) in [7, 11) is 0. The molecule has 0 saturated carbocycles. The zero-order valence-electron chi connectivity index (χ0n) is 10.4. The Labute approximate surface area is 99.6 Å². The molecule has 0 heterocycles. The third-order valence-corrected chi connectivity index (χ3v) is 2.64. The molecule has 1 atom stereocenters. The van der Waals surface area contributed by atoms with Crippen molar-refractivity contribution in [3.8, 4) is 0 Å². The van der Waals surface area contributed by atoms with Crippen molar-refractivity contribution in [1.29, 1.82) is 0 Å². The van der Waals surface area contributed by atoms with Gasteiger partial charge in [0.25, 0.3) is 0 Å². The summed E-state index contributed by atoms with van der Waals surface area (Å²) in [6.45, 7) is 9.30. The smallest absolute Gasteiger partial charge is 0.0208 e. The van der Waals surface area contributed by atoms with Crippen molar-refractivity contribution in [2.24, 2.45) is 5.92 Å². The molecule has 0 saturated heterocycles. The summed E-state index contributed by atoms with van der Waals surface area (Å²) >= 11 is 0. The van der Waals surface area contributed by atoms with E-state index in [2.05, 4.69) is 56.1 Å². The van der Waals surface area contributed by atoms with Crippen LogP contribution in [0, 0.1) is 5.92 Å². The number of nitrogens with one attached hydrogen (secondary N) is 1. The second kappa shape index (κ2) is 7.24. The SMILES string of the molecule is C=CCC(CC(C)C)NCc1ccccc1. The Hall–Kier alpha value is -1.08. The van der Waals surface area contributed by atoms with Crippen molar-refractivity contribution in [3.63, 3.8) is 0 Å². The maximum absolute atomic E-state index is 3.82. The number of rotatable bonds is 7. The molecule has 16 heavy (non-hydrogen) atoms. The van der Waals surface area contributed by atoms with E-state index < -0.39 is 0 Å². The molecule has 0 radical (unpaired) electrons. The molecule has 0 aliphatic carbocycles. The fraction of sp³-hybridized carbons (Fsp3) is 0.467. The van der Waals surface area contributed by atoms with Gasteiger partial charge >= 0.3 is 0 Å². The van der Waals surface area contributed by atoms with Crippen molar-refractivity contribution in [2.45, 2.75) is 39.3 Å². The van der Waals surface area contributed by atoms with Gasteiger partial charge in [-0.15, -0.1) is 6.58 Å². The first-order valence-electron chi connectivity index (χ1n) is 6.10. The molecule has 0 spiro atoms. The summed E-state index contributed by atoms with van der Waals surface area (Å²) < 4.78 is 0. The standard InChI is InChI=1S/C15H23N/c1-4-8-15(11-13(2)3)16-12-14-9-6-5-7-10-14/h4-7,9-10,13,15-16H,1,8,11-12H2,2-3H3. The van der Waals surface area contributed by atoms with Gasteiger partial charge in [-0.25, -0.2) is 0 Å². The van der Waals surface area contributed by atoms with Crippen LogP contribution in [0.25, 0.3) is 0 Å². The predicted octanol–water partition coefficient (Wildman–Crippen LogP) is 3.77. The van der Waals surface area contributed by atoms with Crippen LogP contribution in [0.5, 0.6) is 0 Å². The average molecular weight is 217 g/mol. The molecule has 1 nitrogen and oxygen atoms in total. The maximum atomic E-state index is 3.82.